The number of nitrogens with one attached hydrogen (secondary N) is 1. The fraction of sp³-hybridized carbons (Fsp3) is 0.389. The van der Waals surface area contributed by atoms with E-state index in [4.69, 9.17) is 0 Å². The zero-order valence-electron chi connectivity index (χ0n) is 14.5. The molecule has 4 heterocycles. The summed E-state index contributed by atoms with van der Waals surface area (Å²) < 4.78 is 3.77. The fourth-order valence-corrected chi connectivity index (χ4v) is 3.39. The summed E-state index contributed by atoms with van der Waals surface area (Å²) in [5, 5.41) is 7.55. The summed E-state index contributed by atoms with van der Waals surface area (Å²) in [6.45, 7) is 3.74. The second kappa shape index (κ2) is 6.23. The number of nitrogens with zero attached hydrogens (tertiary/aromatic N) is 5. The van der Waals surface area contributed by atoms with E-state index in [1.807, 2.05) is 55.2 Å². The van der Waals surface area contributed by atoms with Gasteiger partial charge in [-0.2, -0.15) is 5.10 Å². The number of amides is 1. The van der Waals surface area contributed by atoms with Crippen LogP contribution in [0.25, 0.3) is 5.65 Å². The summed E-state index contributed by atoms with van der Waals surface area (Å²) in [5.41, 5.74) is 2.81. The van der Waals surface area contributed by atoms with Crippen LogP contribution in [0, 0.1) is 6.92 Å². The van der Waals surface area contributed by atoms with Crippen molar-refractivity contribution in [2.45, 2.75) is 25.8 Å². The molecule has 1 aliphatic rings. The van der Waals surface area contributed by atoms with E-state index in [0.717, 1.165) is 42.2 Å². The number of aryl methyl sites for hydroxylation is 2. The van der Waals surface area contributed by atoms with Crippen LogP contribution in [0.15, 0.2) is 36.8 Å². The van der Waals surface area contributed by atoms with E-state index < -0.39 is 0 Å². The molecular formula is C18H22N6O. The van der Waals surface area contributed by atoms with Gasteiger partial charge in [0.1, 0.15) is 5.65 Å². The zero-order valence-corrected chi connectivity index (χ0v) is 14.5. The summed E-state index contributed by atoms with van der Waals surface area (Å²) in [6, 6.07) is 6.17. The second-order valence-electron chi connectivity index (χ2n) is 6.68. The van der Waals surface area contributed by atoms with E-state index in [1.165, 1.54) is 0 Å². The monoisotopic (exact) mass is 338 g/mol. The first kappa shape index (κ1) is 15.7. The van der Waals surface area contributed by atoms with Crippen molar-refractivity contribution in [3.63, 3.8) is 0 Å². The van der Waals surface area contributed by atoms with Crippen molar-refractivity contribution in [1.82, 2.24) is 24.5 Å². The minimum atomic E-state index is 0.0222. The lowest BCUT2D eigenvalue weighted by Gasteiger charge is -2.16. The molecule has 3 aromatic rings. The molecule has 3 aromatic heterocycles. The number of anilines is 1. The number of imidazole rings is 1. The van der Waals surface area contributed by atoms with Gasteiger partial charge in [-0.3, -0.25) is 9.48 Å². The van der Waals surface area contributed by atoms with Gasteiger partial charge in [0.15, 0.2) is 5.82 Å². The highest BCUT2D eigenvalue weighted by Gasteiger charge is 2.25. The lowest BCUT2D eigenvalue weighted by Crippen LogP contribution is -2.38. The van der Waals surface area contributed by atoms with Gasteiger partial charge in [0.05, 0.1) is 12.1 Å². The predicted octanol–water partition coefficient (Wildman–Crippen LogP) is 1.31. The molecule has 1 aliphatic heterocycles. The topological polar surface area (TPSA) is 67.5 Å². The Morgan fingerprint density at radius 2 is 2.24 bits per heavy atom. The number of hydrogen-bond acceptors (Lipinski definition) is 4. The van der Waals surface area contributed by atoms with Crippen LogP contribution in [-0.2, 0) is 18.3 Å². The van der Waals surface area contributed by atoms with Crippen LogP contribution in [0.5, 0.6) is 0 Å². The first-order chi connectivity index (χ1) is 12.1. The Kier molecular flexibility index (Phi) is 3.91. The van der Waals surface area contributed by atoms with Crippen molar-refractivity contribution >= 4 is 17.4 Å². The fourth-order valence-electron chi connectivity index (χ4n) is 3.39. The third-order valence-corrected chi connectivity index (χ3v) is 4.65. The molecular weight excluding hydrogens is 316 g/mol. The number of carbonyl (C=O) groups is 1. The van der Waals surface area contributed by atoms with Gasteiger partial charge in [0.2, 0.25) is 5.91 Å². The van der Waals surface area contributed by atoms with Crippen LogP contribution in [0.4, 0.5) is 5.82 Å². The Bertz CT molecular complexity index is 911. The summed E-state index contributed by atoms with van der Waals surface area (Å²) >= 11 is 0. The van der Waals surface area contributed by atoms with Gasteiger partial charge in [0.25, 0.3) is 0 Å². The SMILES string of the molecule is Cc1cccn2cc(CC(=O)NC3CCN(c4ccn(C)n4)C3)nc12. The van der Waals surface area contributed by atoms with Crippen molar-refractivity contribution < 1.29 is 4.79 Å². The van der Waals surface area contributed by atoms with Gasteiger partial charge in [-0.05, 0) is 25.0 Å². The molecule has 0 saturated carbocycles. The van der Waals surface area contributed by atoms with Crippen molar-refractivity contribution in [3.05, 3.63) is 48.0 Å². The van der Waals surface area contributed by atoms with Gasteiger partial charge in [-0.1, -0.05) is 6.07 Å². The minimum Gasteiger partial charge on any atom is -0.353 e. The van der Waals surface area contributed by atoms with Gasteiger partial charge in [-0.15, -0.1) is 0 Å². The Balaban J connectivity index is 1.36. The van der Waals surface area contributed by atoms with Crippen molar-refractivity contribution in [1.29, 1.82) is 0 Å². The highest BCUT2D eigenvalue weighted by Crippen LogP contribution is 2.18. The lowest BCUT2D eigenvalue weighted by molar-refractivity contribution is -0.121. The summed E-state index contributed by atoms with van der Waals surface area (Å²) in [7, 11) is 1.91. The molecule has 1 unspecified atom stereocenters. The molecule has 0 bridgehead atoms. The Labute approximate surface area is 146 Å². The van der Waals surface area contributed by atoms with Crippen molar-refractivity contribution in [2.75, 3.05) is 18.0 Å². The highest BCUT2D eigenvalue weighted by atomic mass is 16.1. The first-order valence-corrected chi connectivity index (χ1v) is 8.55. The second-order valence-corrected chi connectivity index (χ2v) is 6.68. The molecule has 0 spiro atoms. The third kappa shape index (κ3) is 3.22. The Morgan fingerprint density at radius 1 is 1.36 bits per heavy atom. The van der Waals surface area contributed by atoms with Crippen LogP contribution < -0.4 is 10.2 Å². The lowest BCUT2D eigenvalue weighted by atomic mass is 10.2. The molecule has 0 radical (unpaired) electrons. The molecule has 130 valence electrons. The van der Waals surface area contributed by atoms with E-state index in [9.17, 15) is 4.79 Å². The van der Waals surface area contributed by atoms with Crippen LogP contribution in [0.3, 0.4) is 0 Å². The summed E-state index contributed by atoms with van der Waals surface area (Å²) in [4.78, 5) is 19.2. The van der Waals surface area contributed by atoms with Gasteiger partial charge >= 0.3 is 0 Å². The number of carbonyl (C=O) groups excluding carboxylic acids is 1. The molecule has 1 amide bonds. The standard InChI is InChI=1S/C18H22N6O/c1-13-4-3-7-24-12-15(20-18(13)24)10-17(25)19-14-5-9-23(11-14)16-6-8-22(2)21-16/h3-4,6-8,12,14H,5,9-11H2,1-2H3,(H,19,25). The Morgan fingerprint density at radius 3 is 3.00 bits per heavy atom. The molecule has 1 atom stereocenters. The predicted molar refractivity (Wildman–Crippen MR) is 95.6 cm³/mol. The quantitative estimate of drug-likeness (QED) is 0.779. The maximum atomic E-state index is 12.4. The Hall–Kier alpha value is -2.83. The van der Waals surface area contributed by atoms with E-state index in [-0.39, 0.29) is 11.9 Å². The molecule has 1 N–H and O–H groups in total. The van der Waals surface area contributed by atoms with E-state index >= 15 is 0 Å². The number of hydrogen-bond donors (Lipinski definition) is 1. The van der Waals surface area contributed by atoms with Gasteiger partial charge < -0.3 is 14.6 Å². The van der Waals surface area contributed by atoms with E-state index in [2.05, 4.69) is 20.3 Å². The molecule has 4 rings (SSSR count). The molecule has 0 aromatic carbocycles. The zero-order chi connectivity index (χ0) is 17.4. The number of aromatic nitrogens is 4. The highest BCUT2D eigenvalue weighted by molar-refractivity contribution is 5.78. The molecule has 1 saturated heterocycles. The summed E-state index contributed by atoms with van der Waals surface area (Å²) in [6.07, 6.45) is 7.07. The molecule has 25 heavy (non-hydrogen) atoms. The largest absolute Gasteiger partial charge is 0.353 e. The van der Waals surface area contributed by atoms with Gasteiger partial charge in [-0.25, -0.2) is 4.98 Å². The van der Waals surface area contributed by atoms with Gasteiger partial charge in [0, 0.05) is 50.8 Å². The molecule has 7 nitrogen and oxygen atoms in total. The average molecular weight is 338 g/mol. The van der Waals surface area contributed by atoms with Crippen LogP contribution in [0.1, 0.15) is 17.7 Å². The normalized spacial score (nSPS) is 17.4. The number of fused-ring (bicyclic) bond motifs is 1. The molecule has 1 fully saturated rings. The van der Waals surface area contributed by atoms with Crippen LogP contribution in [0.2, 0.25) is 0 Å². The van der Waals surface area contributed by atoms with Crippen LogP contribution in [-0.4, -0.2) is 44.2 Å². The third-order valence-electron chi connectivity index (χ3n) is 4.65. The smallest absolute Gasteiger partial charge is 0.226 e. The van der Waals surface area contributed by atoms with E-state index in [1.54, 1.807) is 4.68 Å². The number of pyridine rings is 1. The van der Waals surface area contributed by atoms with E-state index in [0.29, 0.717) is 6.42 Å². The van der Waals surface area contributed by atoms with Crippen molar-refractivity contribution in [3.8, 4) is 0 Å². The summed E-state index contributed by atoms with van der Waals surface area (Å²) in [5.74, 6) is 0.990. The minimum absolute atomic E-state index is 0.0222. The maximum absolute atomic E-state index is 12.4. The maximum Gasteiger partial charge on any atom is 0.226 e. The average Bonchev–Trinajstić information content (AvgIpc) is 3.27. The first-order valence-electron chi connectivity index (χ1n) is 8.55. The van der Waals surface area contributed by atoms with Crippen molar-refractivity contribution in [2.24, 2.45) is 7.05 Å². The molecule has 7 heteroatoms. The van der Waals surface area contributed by atoms with Crippen LogP contribution >= 0.6 is 0 Å². The molecule has 0 aliphatic carbocycles. The number of rotatable bonds is 4.